The van der Waals surface area contributed by atoms with Crippen LogP contribution in [0.5, 0.6) is 0 Å². The zero-order valence-electron chi connectivity index (χ0n) is 24.6. The van der Waals surface area contributed by atoms with E-state index in [4.69, 9.17) is 26.1 Å². The summed E-state index contributed by atoms with van der Waals surface area (Å²) in [6, 6.07) is 9.01. The fourth-order valence-corrected chi connectivity index (χ4v) is 5.73. The van der Waals surface area contributed by atoms with E-state index in [0.29, 0.717) is 31.2 Å². The van der Waals surface area contributed by atoms with E-state index in [9.17, 15) is 9.59 Å². The van der Waals surface area contributed by atoms with E-state index in [0.717, 1.165) is 33.7 Å². The summed E-state index contributed by atoms with van der Waals surface area (Å²) in [5.41, 5.74) is 5.35. The highest BCUT2D eigenvalue weighted by atomic mass is 35.5. The summed E-state index contributed by atoms with van der Waals surface area (Å²) in [5, 5.41) is 3.66. The molecule has 0 bridgehead atoms. The predicted molar refractivity (Wildman–Crippen MR) is 161 cm³/mol. The smallest absolute Gasteiger partial charge is 0.410 e. The van der Waals surface area contributed by atoms with E-state index in [-0.39, 0.29) is 24.3 Å². The maximum Gasteiger partial charge on any atom is 0.410 e. The van der Waals surface area contributed by atoms with Gasteiger partial charge in [-0.15, -0.1) is 0 Å². The van der Waals surface area contributed by atoms with Crippen molar-refractivity contribution in [3.8, 4) is 0 Å². The predicted octanol–water partition coefficient (Wildman–Crippen LogP) is 5.45. The zero-order valence-corrected chi connectivity index (χ0v) is 25.3. The Balaban J connectivity index is 1.59. The van der Waals surface area contributed by atoms with Gasteiger partial charge in [0.2, 0.25) is 0 Å². The lowest BCUT2D eigenvalue weighted by Crippen LogP contribution is -2.50. The molecule has 11 heteroatoms. The van der Waals surface area contributed by atoms with Gasteiger partial charge in [-0.25, -0.2) is 14.6 Å². The highest BCUT2D eigenvalue weighted by Crippen LogP contribution is 2.44. The molecule has 1 fully saturated rings. The number of hydrogen-bond donors (Lipinski definition) is 1. The van der Waals surface area contributed by atoms with Gasteiger partial charge >= 0.3 is 12.2 Å². The summed E-state index contributed by atoms with van der Waals surface area (Å²) >= 11 is 6.63. The number of amides is 2. The van der Waals surface area contributed by atoms with Gasteiger partial charge in [-0.1, -0.05) is 23.7 Å². The first-order valence-electron chi connectivity index (χ1n) is 14.2. The molecular weight excluding hydrogens is 556 g/mol. The molecule has 2 aromatic heterocycles. The third kappa shape index (κ3) is 6.29. The molecule has 1 aliphatic heterocycles. The van der Waals surface area contributed by atoms with E-state index >= 15 is 0 Å². The highest BCUT2D eigenvalue weighted by molar-refractivity contribution is 6.30. The molecule has 1 unspecified atom stereocenters. The molecule has 0 radical (unpaired) electrons. The zero-order chi connectivity index (χ0) is 30.0. The minimum Gasteiger partial charge on any atom is -0.447 e. The molecule has 1 N–H and O–H groups in total. The molecule has 222 valence electrons. The minimum absolute atomic E-state index is 0.173. The van der Waals surface area contributed by atoms with Crippen molar-refractivity contribution >= 4 is 35.4 Å². The van der Waals surface area contributed by atoms with Gasteiger partial charge in [0.25, 0.3) is 0 Å². The van der Waals surface area contributed by atoms with Crippen LogP contribution >= 0.6 is 11.6 Å². The maximum atomic E-state index is 13.0. The van der Waals surface area contributed by atoms with Crippen LogP contribution in [0, 0.1) is 0 Å². The van der Waals surface area contributed by atoms with Crippen molar-refractivity contribution in [1.82, 2.24) is 29.7 Å². The summed E-state index contributed by atoms with van der Waals surface area (Å²) < 4.78 is 12.8. The number of pyridine rings is 1. The molecule has 1 aromatic carbocycles. The second-order valence-corrected chi connectivity index (χ2v) is 11.6. The van der Waals surface area contributed by atoms with E-state index in [1.807, 2.05) is 69.6 Å². The van der Waals surface area contributed by atoms with Gasteiger partial charge in [-0.05, 0) is 74.2 Å². The number of carbonyl (C=O) groups is 2. The van der Waals surface area contributed by atoms with Crippen LogP contribution in [0.25, 0.3) is 11.6 Å². The lowest BCUT2D eigenvalue weighted by Gasteiger charge is -2.39. The van der Waals surface area contributed by atoms with Crippen molar-refractivity contribution in [2.24, 2.45) is 7.05 Å². The number of alkyl carbamates (subject to hydrolysis) is 1. The van der Waals surface area contributed by atoms with Gasteiger partial charge in [-0.2, -0.15) is 0 Å². The molecule has 42 heavy (non-hydrogen) atoms. The summed E-state index contributed by atoms with van der Waals surface area (Å²) in [6.07, 6.45) is 6.04. The highest BCUT2D eigenvalue weighted by Gasteiger charge is 2.36. The first kappa shape index (κ1) is 29.6. The van der Waals surface area contributed by atoms with E-state index < -0.39 is 12.1 Å². The second kappa shape index (κ2) is 12.5. The number of aryl methyl sites for hydroxylation is 1. The number of halogens is 1. The lowest BCUT2D eigenvalue weighted by atomic mass is 9.90. The van der Waals surface area contributed by atoms with Gasteiger partial charge in [0.05, 0.1) is 48.2 Å². The molecule has 3 heterocycles. The Hall–Kier alpha value is -3.89. The van der Waals surface area contributed by atoms with E-state index in [1.165, 1.54) is 0 Å². The molecule has 2 aliphatic rings. The number of nitrogens with zero attached hydrogens (tertiary/aromatic N) is 5. The van der Waals surface area contributed by atoms with E-state index in [1.54, 1.807) is 23.6 Å². The fraction of sp³-hybridized carbons (Fsp3) is 0.419. The SMILES string of the molecule is CC(C)OC(=O)N[C@@H](C1=Cc2cccnc2C(N2CCN(C(=O)OC(C)C)CC2)c2ccc(Cl)cc21)c1cncn1C. The van der Waals surface area contributed by atoms with Crippen molar-refractivity contribution in [3.05, 3.63) is 82.2 Å². The summed E-state index contributed by atoms with van der Waals surface area (Å²) in [4.78, 5) is 38.9. The number of piperazine rings is 1. The molecule has 0 saturated carbocycles. The molecular formula is C31H37ClN6O4. The van der Waals surface area contributed by atoms with Gasteiger partial charge in [0, 0.05) is 44.4 Å². The Morgan fingerprint density at radius 3 is 2.45 bits per heavy atom. The average molecular weight is 593 g/mol. The van der Waals surface area contributed by atoms with Gasteiger partial charge in [-0.3, -0.25) is 9.88 Å². The van der Waals surface area contributed by atoms with Crippen LogP contribution in [0.3, 0.4) is 0 Å². The minimum atomic E-state index is -0.588. The van der Waals surface area contributed by atoms with Gasteiger partial charge in [0.15, 0.2) is 0 Å². The third-order valence-corrected chi connectivity index (χ3v) is 7.64. The largest absolute Gasteiger partial charge is 0.447 e. The van der Waals surface area contributed by atoms with Crippen LogP contribution in [0.15, 0.2) is 49.1 Å². The van der Waals surface area contributed by atoms with E-state index in [2.05, 4.69) is 21.3 Å². The molecule has 5 rings (SSSR count). The molecule has 3 aromatic rings. The van der Waals surface area contributed by atoms with Crippen LogP contribution < -0.4 is 5.32 Å². The Bertz CT molecular complexity index is 1480. The molecule has 2 atom stereocenters. The normalized spacial score (nSPS) is 17.7. The van der Waals surface area contributed by atoms with Crippen LogP contribution in [0.1, 0.15) is 67.9 Å². The maximum absolute atomic E-state index is 13.0. The summed E-state index contributed by atoms with van der Waals surface area (Å²) in [6.45, 7) is 9.67. The number of rotatable bonds is 6. The summed E-state index contributed by atoms with van der Waals surface area (Å²) in [7, 11) is 1.89. The van der Waals surface area contributed by atoms with Crippen molar-refractivity contribution < 1.29 is 19.1 Å². The van der Waals surface area contributed by atoms with Crippen LogP contribution in [-0.4, -0.2) is 74.9 Å². The second-order valence-electron chi connectivity index (χ2n) is 11.1. The quantitative estimate of drug-likeness (QED) is 0.406. The number of imidazole rings is 1. The summed E-state index contributed by atoms with van der Waals surface area (Å²) in [5.74, 6) is 0. The van der Waals surface area contributed by atoms with Crippen LogP contribution in [0.2, 0.25) is 5.02 Å². The molecule has 0 spiro atoms. The van der Waals surface area contributed by atoms with Crippen LogP contribution in [-0.2, 0) is 16.5 Å². The number of hydrogen-bond acceptors (Lipinski definition) is 7. The Morgan fingerprint density at radius 2 is 1.79 bits per heavy atom. The van der Waals surface area contributed by atoms with Gasteiger partial charge in [0.1, 0.15) is 0 Å². The molecule has 2 amide bonds. The fourth-order valence-electron chi connectivity index (χ4n) is 5.56. The van der Waals surface area contributed by atoms with Crippen LogP contribution in [0.4, 0.5) is 9.59 Å². The molecule has 1 saturated heterocycles. The third-order valence-electron chi connectivity index (χ3n) is 7.40. The molecule has 1 aliphatic carbocycles. The number of ether oxygens (including phenoxy) is 2. The van der Waals surface area contributed by atoms with Crippen molar-refractivity contribution in [2.75, 3.05) is 26.2 Å². The van der Waals surface area contributed by atoms with Crippen molar-refractivity contribution in [2.45, 2.75) is 52.0 Å². The Morgan fingerprint density at radius 1 is 1.05 bits per heavy atom. The first-order valence-corrected chi connectivity index (χ1v) is 14.6. The topological polar surface area (TPSA) is 102 Å². The molecule has 10 nitrogen and oxygen atoms in total. The number of carbonyl (C=O) groups excluding carboxylic acids is 2. The Kier molecular flexibility index (Phi) is 8.84. The Labute approximate surface area is 251 Å². The standard InChI is InChI=1S/C31H37ClN6O4/c1-19(2)41-30(39)35-28(26-17-33-18-36(26)5)25-15-21-7-6-10-34-27(21)29(23-9-8-22(32)16-24(23)25)37-11-13-38(14-12-37)31(40)42-20(3)4/h6-10,15-20,28-29H,11-14H2,1-5H3,(H,35,39)/t28-,29?/m0/s1. The van der Waals surface area contributed by atoms with Crippen molar-refractivity contribution in [3.63, 3.8) is 0 Å². The number of aromatic nitrogens is 3. The van der Waals surface area contributed by atoms with Gasteiger partial charge < -0.3 is 24.3 Å². The average Bonchev–Trinajstić information content (AvgIpc) is 3.31. The first-order chi connectivity index (χ1) is 20.1. The monoisotopic (exact) mass is 592 g/mol. The number of benzene rings is 1. The van der Waals surface area contributed by atoms with Crippen molar-refractivity contribution in [1.29, 1.82) is 0 Å². The number of nitrogens with one attached hydrogen (secondary N) is 1. The lowest BCUT2D eigenvalue weighted by molar-refractivity contribution is 0.0513. The number of fused-ring (bicyclic) bond motifs is 2.